The van der Waals surface area contributed by atoms with Gasteiger partial charge in [-0.1, -0.05) is 72.8 Å². The van der Waals surface area contributed by atoms with Crippen molar-refractivity contribution in [3.05, 3.63) is 136 Å². The molecule has 0 fully saturated rings. The average Bonchev–Trinajstić information content (AvgIpc) is 2.97. The number of alkyl halides is 3. The molecule has 0 radical (unpaired) electrons. The number of benzene rings is 4. The molecule has 1 amide bonds. The van der Waals surface area contributed by atoms with Crippen molar-refractivity contribution in [1.29, 1.82) is 0 Å². The molecule has 1 atom stereocenters. The summed E-state index contributed by atoms with van der Waals surface area (Å²) in [6.07, 6.45) is -3.11. The number of nitrogens with zero attached hydrogens (tertiary/aromatic N) is 1. The fourth-order valence-corrected chi connectivity index (χ4v) is 4.69. The average molecular weight is 557 g/mol. The molecular formula is C32H23F3N2O4. The number of carboxylic acids is 1. The molecule has 41 heavy (non-hydrogen) atoms. The predicted octanol–water partition coefficient (Wildman–Crippen LogP) is 6.81. The minimum atomic E-state index is -4.57. The van der Waals surface area contributed by atoms with Crippen LogP contribution in [0.1, 0.15) is 27.5 Å². The highest BCUT2D eigenvalue weighted by atomic mass is 19.4. The van der Waals surface area contributed by atoms with Gasteiger partial charge in [-0.25, -0.2) is 4.79 Å². The Bertz CT molecular complexity index is 1790. The van der Waals surface area contributed by atoms with Gasteiger partial charge in [-0.15, -0.1) is 0 Å². The highest BCUT2D eigenvalue weighted by molar-refractivity contribution is 6.05. The Morgan fingerprint density at radius 2 is 1.51 bits per heavy atom. The van der Waals surface area contributed by atoms with Crippen LogP contribution < -0.4 is 10.9 Å². The van der Waals surface area contributed by atoms with E-state index >= 15 is 0 Å². The molecule has 5 aromatic rings. The number of anilines is 1. The van der Waals surface area contributed by atoms with Crippen LogP contribution in [0, 0.1) is 0 Å². The molecule has 4 aromatic carbocycles. The molecule has 5 rings (SSSR count). The molecule has 1 heterocycles. The number of rotatable bonds is 7. The van der Waals surface area contributed by atoms with E-state index < -0.39 is 35.2 Å². The molecule has 0 saturated carbocycles. The van der Waals surface area contributed by atoms with Gasteiger partial charge in [0.2, 0.25) is 0 Å². The molecule has 0 aliphatic rings. The SMILES string of the molecule is O=C(Nc1cc(-c2cccc3ccccc23)cn(C(Cc2ccccc2)C(=O)O)c1=O)c1ccc(C(F)(F)F)cc1. The van der Waals surface area contributed by atoms with Crippen LogP contribution in [0.25, 0.3) is 21.9 Å². The number of pyridine rings is 1. The van der Waals surface area contributed by atoms with Crippen molar-refractivity contribution in [3.63, 3.8) is 0 Å². The summed E-state index contributed by atoms with van der Waals surface area (Å²) < 4.78 is 40.0. The minimum Gasteiger partial charge on any atom is -0.480 e. The van der Waals surface area contributed by atoms with Gasteiger partial charge in [-0.05, 0) is 52.2 Å². The second-order valence-electron chi connectivity index (χ2n) is 9.45. The molecule has 0 aliphatic heterocycles. The number of aliphatic carboxylic acids is 1. The van der Waals surface area contributed by atoms with Gasteiger partial charge in [0.15, 0.2) is 0 Å². The van der Waals surface area contributed by atoms with Crippen LogP contribution in [0.3, 0.4) is 0 Å². The number of carbonyl (C=O) groups excluding carboxylic acids is 1. The lowest BCUT2D eigenvalue weighted by Gasteiger charge is -2.19. The summed E-state index contributed by atoms with van der Waals surface area (Å²) >= 11 is 0. The Morgan fingerprint density at radius 1 is 0.854 bits per heavy atom. The van der Waals surface area contributed by atoms with Crippen LogP contribution in [-0.4, -0.2) is 21.6 Å². The number of fused-ring (bicyclic) bond motifs is 1. The third kappa shape index (κ3) is 5.89. The van der Waals surface area contributed by atoms with Gasteiger partial charge in [-0.2, -0.15) is 13.2 Å². The van der Waals surface area contributed by atoms with E-state index in [1.165, 1.54) is 12.3 Å². The van der Waals surface area contributed by atoms with Gasteiger partial charge in [0.1, 0.15) is 11.7 Å². The van der Waals surface area contributed by atoms with Crippen molar-refractivity contribution in [1.82, 2.24) is 4.57 Å². The molecule has 0 spiro atoms. The molecule has 0 saturated heterocycles. The second-order valence-corrected chi connectivity index (χ2v) is 9.45. The molecule has 206 valence electrons. The van der Waals surface area contributed by atoms with Crippen LogP contribution in [0.4, 0.5) is 18.9 Å². The normalized spacial score (nSPS) is 12.2. The standard InChI is InChI=1S/C32H23F3N2O4/c33-32(34,35)24-15-13-22(14-16-24)29(38)36-27-18-23(26-12-6-10-21-9-4-5-11-25(21)26)19-37(30(27)39)28(31(40)41)17-20-7-2-1-3-8-20/h1-16,18-19,28H,17H2,(H,36,38)(H,40,41). The minimum absolute atomic E-state index is 0.00135. The van der Waals surface area contributed by atoms with Gasteiger partial charge in [0.05, 0.1) is 5.56 Å². The van der Waals surface area contributed by atoms with E-state index in [-0.39, 0.29) is 17.7 Å². The quantitative estimate of drug-likeness (QED) is 0.231. The van der Waals surface area contributed by atoms with E-state index in [1.807, 2.05) is 42.5 Å². The van der Waals surface area contributed by atoms with Crippen molar-refractivity contribution < 1.29 is 27.9 Å². The first-order chi connectivity index (χ1) is 19.6. The lowest BCUT2D eigenvalue weighted by atomic mass is 9.98. The summed E-state index contributed by atoms with van der Waals surface area (Å²) in [7, 11) is 0. The number of aromatic nitrogens is 1. The van der Waals surface area contributed by atoms with Gasteiger partial charge in [0, 0.05) is 23.7 Å². The second kappa shape index (κ2) is 11.1. The van der Waals surface area contributed by atoms with Crippen LogP contribution in [0.15, 0.2) is 114 Å². The summed E-state index contributed by atoms with van der Waals surface area (Å²) in [5.41, 5.74) is -0.123. The molecule has 2 N–H and O–H groups in total. The predicted molar refractivity (Wildman–Crippen MR) is 150 cm³/mol. The number of halogens is 3. The van der Waals surface area contributed by atoms with Crippen LogP contribution in [0.5, 0.6) is 0 Å². The highest BCUT2D eigenvalue weighted by Crippen LogP contribution is 2.31. The summed E-state index contributed by atoms with van der Waals surface area (Å²) in [5, 5.41) is 14.4. The zero-order valence-corrected chi connectivity index (χ0v) is 21.4. The largest absolute Gasteiger partial charge is 0.480 e. The van der Waals surface area contributed by atoms with Crippen LogP contribution >= 0.6 is 0 Å². The maximum atomic E-state index is 13.6. The monoisotopic (exact) mass is 556 g/mol. The topological polar surface area (TPSA) is 88.4 Å². The molecule has 6 nitrogen and oxygen atoms in total. The Hall–Kier alpha value is -5.18. The number of nitrogens with one attached hydrogen (secondary N) is 1. The fourth-order valence-electron chi connectivity index (χ4n) is 4.69. The van der Waals surface area contributed by atoms with E-state index in [2.05, 4.69) is 5.32 Å². The smallest absolute Gasteiger partial charge is 0.416 e. The zero-order chi connectivity index (χ0) is 29.1. The molecule has 9 heteroatoms. The van der Waals surface area contributed by atoms with E-state index in [9.17, 15) is 32.7 Å². The van der Waals surface area contributed by atoms with E-state index in [0.717, 1.165) is 39.6 Å². The number of hydrogen-bond acceptors (Lipinski definition) is 3. The van der Waals surface area contributed by atoms with Gasteiger partial charge < -0.3 is 10.4 Å². The lowest BCUT2D eigenvalue weighted by Crippen LogP contribution is -2.33. The number of carbonyl (C=O) groups is 2. The van der Waals surface area contributed by atoms with Crippen molar-refractivity contribution in [2.45, 2.75) is 18.6 Å². The van der Waals surface area contributed by atoms with Gasteiger partial charge in [-0.3, -0.25) is 14.2 Å². The third-order valence-electron chi connectivity index (χ3n) is 6.76. The van der Waals surface area contributed by atoms with Gasteiger partial charge in [0.25, 0.3) is 11.5 Å². The fraction of sp³-hybridized carbons (Fsp3) is 0.0938. The van der Waals surface area contributed by atoms with Gasteiger partial charge >= 0.3 is 12.1 Å². The zero-order valence-electron chi connectivity index (χ0n) is 21.4. The highest BCUT2D eigenvalue weighted by Gasteiger charge is 2.30. The van der Waals surface area contributed by atoms with Crippen molar-refractivity contribution in [3.8, 4) is 11.1 Å². The Morgan fingerprint density at radius 3 is 2.20 bits per heavy atom. The number of carboxylic acid groups (broad SMARTS) is 1. The van der Waals surface area contributed by atoms with E-state index in [0.29, 0.717) is 16.7 Å². The third-order valence-corrected chi connectivity index (χ3v) is 6.76. The first-order valence-electron chi connectivity index (χ1n) is 12.6. The van der Waals surface area contributed by atoms with Crippen LogP contribution in [-0.2, 0) is 17.4 Å². The molecular weight excluding hydrogens is 533 g/mol. The van der Waals surface area contributed by atoms with Crippen molar-refractivity contribution in [2.24, 2.45) is 0 Å². The first kappa shape index (κ1) is 27.4. The molecule has 1 unspecified atom stereocenters. The maximum Gasteiger partial charge on any atom is 0.416 e. The molecule has 0 bridgehead atoms. The first-order valence-corrected chi connectivity index (χ1v) is 12.6. The van der Waals surface area contributed by atoms with Crippen molar-refractivity contribution >= 4 is 28.3 Å². The molecule has 0 aliphatic carbocycles. The maximum absolute atomic E-state index is 13.6. The van der Waals surface area contributed by atoms with E-state index in [1.54, 1.807) is 30.3 Å². The summed E-state index contributed by atoms with van der Waals surface area (Å²) in [4.78, 5) is 39.1. The summed E-state index contributed by atoms with van der Waals surface area (Å²) in [5.74, 6) is -2.06. The summed E-state index contributed by atoms with van der Waals surface area (Å²) in [6, 6.07) is 25.6. The number of amides is 1. The summed E-state index contributed by atoms with van der Waals surface area (Å²) in [6.45, 7) is 0. The van der Waals surface area contributed by atoms with E-state index in [4.69, 9.17) is 0 Å². The van der Waals surface area contributed by atoms with Crippen molar-refractivity contribution in [2.75, 3.05) is 5.32 Å². The Balaban J connectivity index is 1.63. The number of hydrogen-bond donors (Lipinski definition) is 2. The Kier molecular flexibility index (Phi) is 7.43. The Labute approximate surface area is 232 Å². The van der Waals surface area contributed by atoms with Crippen LogP contribution in [0.2, 0.25) is 0 Å². The molecule has 1 aromatic heterocycles. The lowest BCUT2D eigenvalue weighted by molar-refractivity contribution is -0.141.